The number of hydrogen-bond acceptors (Lipinski definition) is 2. The van der Waals surface area contributed by atoms with Crippen molar-refractivity contribution in [3.63, 3.8) is 0 Å². The van der Waals surface area contributed by atoms with Crippen LogP contribution in [0, 0.1) is 5.41 Å². The Morgan fingerprint density at radius 3 is 2.56 bits per heavy atom. The van der Waals surface area contributed by atoms with E-state index in [0.29, 0.717) is 0 Å². The second-order valence-corrected chi connectivity index (χ2v) is 7.65. The topological polar surface area (TPSA) is 15.3 Å². The molecule has 1 N–H and O–H groups in total. The van der Waals surface area contributed by atoms with Gasteiger partial charge < -0.3 is 10.2 Å². The van der Waals surface area contributed by atoms with E-state index in [2.05, 4.69) is 78.1 Å². The van der Waals surface area contributed by atoms with Gasteiger partial charge in [0.1, 0.15) is 0 Å². The molecule has 1 aliphatic rings. The molecule has 1 heterocycles. The Morgan fingerprint density at radius 1 is 1.17 bits per heavy atom. The minimum Gasteiger partial charge on any atom is -0.369 e. The fraction of sp³-hybridized carbons (Fsp3) is 0.600. The van der Waals surface area contributed by atoms with Crippen molar-refractivity contribution in [3.8, 4) is 0 Å². The third-order valence-electron chi connectivity index (χ3n) is 3.42. The Balaban J connectivity index is 2.29. The van der Waals surface area contributed by atoms with Gasteiger partial charge in [0.25, 0.3) is 0 Å². The van der Waals surface area contributed by atoms with Crippen LogP contribution in [0.1, 0.15) is 27.7 Å². The van der Waals surface area contributed by atoms with Crippen molar-refractivity contribution in [1.82, 2.24) is 5.32 Å². The van der Waals surface area contributed by atoms with Gasteiger partial charge in [-0.05, 0) is 37.5 Å². The number of hydrogen-bond donors (Lipinski definition) is 1. The van der Waals surface area contributed by atoms with Crippen LogP contribution in [-0.2, 0) is 0 Å². The van der Waals surface area contributed by atoms with Gasteiger partial charge in [-0.1, -0.05) is 35.8 Å². The van der Waals surface area contributed by atoms with Crippen molar-refractivity contribution in [2.45, 2.75) is 33.2 Å². The number of nitrogens with one attached hydrogen (secondary N) is 1. The Morgan fingerprint density at radius 2 is 1.89 bits per heavy atom. The summed E-state index contributed by atoms with van der Waals surface area (Å²) in [6.07, 6.45) is 0. The Hall–Kier alpha value is -0.540. The van der Waals surface area contributed by atoms with Crippen molar-refractivity contribution in [2.24, 2.45) is 5.41 Å². The normalized spacial score (nSPS) is 22.6. The zero-order valence-corrected chi connectivity index (χ0v) is 13.3. The molecule has 0 spiro atoms. The minimum atomic E-state index is 0.149. The van der Waals surface area contributed by atoms with Crippen LogP contribution < -0.4 is 10.2 Å². The van der Waals surface area contributed by atoms with Crippen LogP contribution in [-0.4, -0.2) is 25.2 Å². The lowest BCUT2D eigenvalue weighted by Crippen LogP contribution is -2.46. The number of rotatable bonds is 1. The molecule has 0 aromatic heterocycles. The van der Waals surface area contributed by atoms with Gasteiger partial charge in [-0.15, -0.1) is 0 Å². The molecule has 0 unspecified atom stereocenters. The van der Waals surface area contributed by atoms with Gasteiger partial charge in [-0.25, -0.2) is 0 Å². The molecule has 3 heteroatoms. The molecule has 0 amide bonds. The fourth-order valence-corrected chi connectivity index (χ4v) is 2.88. The third-order valence-corrected chi connectivity index (χ3v) is 3.92. The summed E-state index contributed by atoms with van der Waals surface area (Å²) in [5.41, 5.74) is 1.74. The zero-order valence-electron chi connectivity index (χ0n) is 11.8. The summed E-state index contributed by atoms with van der Waals surface area (Å²) in [6, 6.07) is 8.59. The number of anilines is 1. The summed E-state index contributed by atoms with van der Waals surface area (Å²) >= 11 is 3.56. The van der Waals surface area contributed by atoms with E-state index in [0.717, 1.165) is 24.1 Å². The van der Waals surface area contributed by atoms with Crippen LogP contribution >= 0.6 is 15.9 Å². The number of benzene rings is 1. The van der Waals surface area contributed by atoms with Crippen LogP contribution in [0.5, 0.6) is 0 Å². The van der Waals surface area contributed by atoms with Crippen molar-refractivity contribution in [2.75, 3.05) is 24.5 Å². The summed E-state index contributed by atoms with van der Waals surface area (Å²) in [5, 5.41) is 3.67. The molecule has 2 nitrogen and oxygen atoms in total. The molecular weight excluding hydrogens is 288 g/mol. The highest BCUT2D eigenvalue weighted by molar-refractivity contribution is 9.10. The smallest absolute Gasteiger partial charge is 0.0378 e. The van der Waals surface area contributed by atoms with Gasteiger partial charge in [-0.2, -0.15) is 0 Å². The van der Waals surface area contributed by atoms with E-state index in [9.17, 15) is 0 Å². The maximum absolute atomic E-state index is 3.67. The second kappa shape index (κ2) is 4.86. The highest BCUT2D eigenvalue weighted by Crippen LogP contribution is 2.28. The Labute approximate surface area is 119 Å². The average Bonchev–Trinajstić information content (AvgIpc) is 2.36. The van der Waals surface area contributed by atoms with E-state index < -0.39 is 0 Å². The first-order chi connectivity index (χ1) is 8.27. The first-order valence-electron chi connectivity index (χ1n) is 6.53. The van der Waals surface area contributed by atoms with Gasteiger partial charge in [0.05, 0.1) is 0 Å². The molecule has 1 aromatic rings. The van der Waals surface area contributed by atoms with Crippen molar-refractivity contribution < 1.29 is 0 Å². The van der Waals surface area contributed by atoms with E-state index in [1.54, 1.807) is 0 Å². The summed E-state index contributed by atoms with van der Waals surface area (Å²) in [4.78, 5) is 2.49. The third kappa shape index (κ3) is 3.48. The first-order valence-corrected chi connectivity index (χ1v) is 7.32. The SMILES string of the molecule is CC1(C)CNC(C)(C)CN(c2cccc(Br)c2)C1. The zero-order chi connectivity index (χ0) is 13.4. The minimum absolute atomic E-state index is 0.149. The van der Waals surface area contributed by atoms with E-state index in [1.165, 1.54) is 5.69 Å². The summed E-state index contributed by atoms with van der Waals surface area (Å²) in [7, 11) is 0. The maximum atomic E-state index is 3.67. The Bertz CT molecular complexity index is 408. The predicted octanol–water partition coefficient (Wildman–Crippen LogP) is 3.66. The molecule has 1 saturated heterocycles. The van der Waals surface area contributed by atoms with E-state index >= 15 is 0 Å². The number of halogens is 1. The molecule has 0 saturated carbocycles. The lowest BCUT2D eigenvalue weighted by molar-refractivity contribution is 0.332. The van der Waals surface area contributed by atoms with Gasteiger partial charge in [0, 0.05) is 35.3 Å². The van der Waals surface area contributed by atoms with Crippen LogP contribution in [0.2, 0.25) is 0 Å². The first kappa shape index (κ1) is 13.9. The standard InChI is InChI=1S/C15H23BrN2/c1-14(2)9-17-15(3,4)11-18(10-14)13-7-5-6-12(16)8-13/h5-8,17H,9-11H2,1-4H3. The molecule has 0 radical (unpaired) electrons. The van der Waals surface area contributed by atoms with Gasteiger partial charge in [-0.3, -0.25) is 0 Å². The molecule has 18 heavy (non-hydrogen) atoms. The molecule has 1 aliphatic heterocycles. The second-order valence-electron chi connectivity index (χ2n) is 6.74. The quantitative estimate of drug-likeness (QED) is 0.851. The van der Waals surface area contributed by atoms with Gasteiger partial charge in [0.2, 0.25) is 0 Å². The summed E-state index contributed by atoms with van der Waals surface area (Å²) in [5.74, 6) is 0. The fourth-order valence-electron chi connectivity index (χ4n) is 2.50. The summed E-state index contributed by atoms with van der Waals surface area (Å²) in [6.45, 7) is 12.4. The molecule has 0 aliphatic carbocycles. The summed E-state index contributed by atoms with van der Waals surface area (Å²) < 4.78 is 1.15. The van der Waals surface area contributed by atoms with Crippen LogP contribution in [0.3, 0.4) is 0 Å². The molecule has 0 bridgehead atoms. The highest BCUT2D eigenvalue weighted by atomic mass is 79.9. The molecule has 0 atom stereocenters. The van der Waals surface area contributed by atoms with Crippen LogP contribution in [0.4, 0.5) is 5.69 Å². The van der Waals surface area contributed by atoms with E-state index in [4.69, 9.17) is 0 Å². The molecule has 2 rings (SSSR count). The lowest BCUT2D eigenvalue weighted by atomic mass is 9.93. The maximum Gasteiger partial charge on any atom is 0.0378 e. The van der Waals surface area contributed by atoms with Crippen molar-refractivity contribution in [3.05, 3.63) is 28.7 Å². The molecule has 100 valence electrons. The molecule has 1 fully saturated rings. The number of nitrogens with zero attached hydrogens (tertiary/aromatic N) is 1. The monoisotopic (exact) mass is 310 g/mol. The van der Waals surface area contributed by atoms with E-state index in [1.807, 2.05) is 0 Å². The van der Waals surface area contributed by atoms with Crippen molar-refractivity contribution >= 4 is 21.6 Å². The lowest BCUT2D eigenvalue weighted by Gasteiger charge is -2.33. The predicted molar refractivity (Wildman–Crippen MR) is 82.2 cm³/mol. The molecule has 1 aromatic carbocycles. The van der Waals surface area contributed by atoms with Gasteiger partial charge in [0.15, 0.2) is 0 Å². The van der Waals surface area contributed by atoms with E-state index in [-0.39, 0.29) is 11.0 Å². The molecular formula is C15H23BrN2. The van der Waals surface area contributed by atoms with Gasteiger partial charge >= 0.3 is 0 Å². The largest absolute Gasteiger partial charge is 0.369 e. The highest BCUT2D eigenvalue weighted by Gasteiger charge is 2.32. The van der Waals surface area contributed by atoms with Crippen molar-refractivity contribution in [1.29, 1.82) is 0 Å². The van der Waals surface area contributed by atoms with Crippen LogP contribution in [0.15, 0.2) is 28.7 Å². The Kier molecular flexibility index (Phi) is 3.75. The van der Waals surface area contributed by atoms with Crippen LogP contribution in [0.25, 0.3) is 0 Å². The average molecular weight is 311 g/mol.